The van der Waals surface area contributed by atoms with E-state index in [1.165, 1.54) is 0 Å². The van der Waals surface area contributed by atoms with Gasteiger partial charge in [0.15, 0.2) is 0 Å². The summed E-state index contributed by atoms with van der Waals surface area (Å²) in [5, 5.41) is 0. The van der Waals surface area contributed by atoms with Crippen molar-refractivity contribution in [3.8, 4) is 0 Å². The van der Waals surface area contributed by atoms with Crippen molar-refractivity contribution in [3.05, 3.63) is 11.6 Å². The highest BCUT2D eigenvalue weighted by Crippen LogP contribution is 2.09. The van der Waals surface area contributed by atoms with Crippen LogP contribution in [0.5, 0.6) is 0 Å². The predicted molar refractivity (Wildman–Crippen MR) is 90.1 cm³/mol. The molecule has 0 radical (unpaired) electrons. The summed E-state index contributed by atoms with van der Waals surface area (Å²) >= 11 is 0. The molecule has 0 heterocycles. The second kappa shape index (κ2) is 11.6. The molecule has 0 fully saturated rings. The molecular weight excluding hydrogens is 312 g/mol. The third-order valence-electron chi connectivity index (χ3n) is 2.57. The Kier molecular flexibility index (Phi) is 10.8. The highest BCUT2D eigenvalue weighted by molar-refractivity contribution is 5.99. The molecule has 0 aromatic rings. The van der Waals surface area contributed by atoms with E-state index in [1.807, 2.05) is 41.5 Å². The molecule has 0 rings (SSSR count). The lowest BCUT2D eigenvalue weighted by Crippen LogP contribution is -2.19. The van der Waals surface area contributed by atoms with Gasteiger partial charge in [-0.3, -0.25) is 4.79 Å². The zero-order chi connectivity index (χ0) is 18.7. The van der Waals surface area contributed by atoms with E-state index >= 15 is 0 Å². The van der Waals surface area contributed by atoms with E-state index < -0.39 is 17.9 Å². The van der Waals surface area contributed by atoms with E-state index in [2.05, 4.69) is 0 Å². The van der Waals surface area contributed by atoms with Gasteiger partial charge in [-0.05, 0) is 17.8 Å². The fourth-order valence-electron chi connectivity index (χ4n) is 1.42. The Morgan fingerprint density at radius 1 is 0.750 bits per heavy atom. The van der Waals surface area contributed by atoms with Gasteiger partial charge < -0.3 is 14.2 Å². The van der Waals surface area contributed by atoms with Crippen LogP contribution in [0.2, 0.25) is 0 Å². The van der Waals surface area contributed by atoms with Gasteiger partial charge in [-0.1, -0.05) is 41.5 Å². The van der Waals surface area contributed by atoms with Crippen molar-refractivity contribution in [3.63, 3.8) is 0 Å². The number of carbonyl (C=O) groups excluding carboxylic acids is 3. The fourth-order valence-corrected chi connectivity index (χ4v) is 1.42. The average Bonchev–Trinajstić information content (AvgIpc) is 2.47. The third-order valence-corrected chi connectivity index (χ3v) is 2.57. The Balaban J connectivity index is 4.90. The number of hydrogen-bond donors (Lipinski definition) is 0. The van der Waals surface area contributed by atoms with Crippen LogP contribution < -0.4 is 0 Å². The molecule has 24 heavy (non-hydrogen) atoms. The molecule has 0 aromatic carbocycles. The standard InChI is InChI=1S/C18H30O6/c1-12(2)9-22-16(19)7-15(18(21)24-11-14(5)6)8-17(20)23-10-13(3)4/h7,12-14H,8-11H2,1-6H3/b15-7-. The normalized spacial score (nSPS) is 11.8. The van der Waals surface area contributed by atoms with Crippen molar-refractivity contribution in [2.24, 2.45) is 17.8 Å². The van der Waals surface area contributed by atoms with Gasteiger partial charge in [0.2, 0.25) is 0 Å². The maximum atomic E-state index is 12.1. The zero-order valence-electron chi connectivity index (χ0n) is 15.6. The van der Waals surface area contributed by atoms with Gasteiger partial charge in [0, 0.05) is 6.08 Å². The minimum atomic E-state index is -0.702. The van der Waals surface area contributed by atoms with Crippen molar-refractivity contribution in [2.75, 3.05) is 19.8 Å². The van der Waals surface area contributed by atoms with Crippen molar-refractivity contribution in [2.45, 2.75) is 48.0 Å². The van der Waals surface area contributed by atoms with Gasteiger partial charge in [0.05, 0.1) is 31.8 Å². The highest BCUT2D eigenvalue weighted by atomic mass is 16.5. The summed E-state index contributed by atoms with van der Waals surface area (Å²) in [6.07, 6.45) is 0.697. The second-order valence-electron chi connectivity index (χ2n) is 6.94. The second-order valence-corrected chi connectivity index (χ2v) is 6.94. The number of esters is 3. The fraction of sp³-hybridized carbons (Fsp3) is 0.722. The first-order valence-corrected chi connectivity index (χ1v) is 8.31. The van der Waals surface area contributed by atoms with Crippen molar-refractivity contribution >= 4 is 17.9 Å². The smallest absolute Gasteiger partial charge is 0.334 e. The first-order chi connectivity index (χ1) is 11.1. The number of rotatable bonds is 10. The van der Waals surface area contributed by atoms with Gasteiger partial charge in [0.25, 0.3) is 0 Å². The van der Waals surface area contributed by atoms with Crippen LogP contribution in [0.1, 0.15) is 48.0 Å². The van der Waals surface area contributed by atoms with Crippen LogP contribution in [0.3, 0.4) is 0 Å². The molecule has 0 aliphatic heterocycles. The zero-order valence-corrected chi connectivity index (χ0v) is 15.6. The Morgan fingerprint density at radius 3 is 1.71 bits per heavy atom. The van der Waals surface area contributed by atoms with Gasteiger partial charge >= 0.3 is 17.9 Å². The topological polar surface area (TPSA) is 78.9 Å². The average molecular weight is 342 g/mol. The Morgan fingerprint density at radius 2 is 1.21 bits per heavy atom. The molecule has 0 saturated carbocycles. The lowest BCUT2D eigenvalue weighted by molar-refractivity contribution is -0.147. The summed E-state index contributed by atoms with van der Waals surface area (Å²) in [6, 6.07) is 0. The molecule has 0 N–H and O–H groups in total. The Bertz CT molecular complexity index is 448. The first kappa shape index (κ1) is 22.1. The van der Waals surface area contributed by atoms with Crippen molar-refractivity contribution in [1.29, 1.82) is 0 Å². The predicted octanol–water partition coefficient (Wildman–Crippen LogP) is 2.90. The highest BCUT2D eigenvalue weighted by Gasteiger charge is 2.19. The summed E-state index contributed by atoms with van der Waals surface area (Å²) in [4.78, 5) is 35.7. The van der Waals surface area contributed by atoms with E-state index in [0.717, 1.165) is 6.08 Å². The molecule has 0 spiro atoms. The molecule has 0 aliphatic carbocycles. The molecular formula is C18H30O6. The quantitative estimate of drug-likeness (QED) is 0.345. The van der Waals surface area contributed by atoms with Crippen molar-refractivity contribution < 1.29 is 28.6 Å². The monoisotopic (exact) mass is 342 g/mol. The summed E-state index contributed by atoms with van der Waals surface area (Å²) in [7, 11) is 0. The Labute approximate surface area is 144 Å². The minimum Gasteiger partial charge on any atom is -0.465 e. The van der Waals surface area contributed by atoms with Crippen LogP contribution in [-0.4, -0.2) is 37.7 Å². The van der Waals surface area contributed by atoms with Crippen molar-refractivity contribution in [1.82, 2.24) is 0 Å². The first-order valence-electron chi connectivity index (χ1n) is 8.31. The molecule has 0 amide bonds. The SMILES string of the molecule is CC(C)COC(=O)/C=C(/CC(=O)OCC(C)C)C(=O)OCC(C)C. The van der Waals surface area contributed by atoms with Gasteiger partial charge in [-0.2, -0.15) is 0 Å². The summed E-state index contributed by atoms with van der Waals surface area (Å²) in [5.41, 5.74) is -0.0573. The van der Waals surface area contributed by atoms with Crippen LogP contribution in [0.4, 0.5) is 0 Å². The molecule has 0 atom stereocenters. The molecule has 0 unspecified atom stereocenters. The van der Waals surface area contributed by atoms with E-state index in [-0.39, 0.29) is 49.6 Å². The van der Waals surface area contributed by atoms with E-state index in [9.17, 15) is 14.4 Å². The maximum absolute atomic E-state index is 12.1. The van der Waals surface area contributed by atoms with Crippen LogP contribution in [-0.2, 0) is 28.6 Å². The third kappa shape index (κ3) is 11.7. The summed E-state index contributed by atoms with van der Waals surface area (Å²) in [5.74, 6) is -1.44. The Hall–Kier alpha value is -1.85. The molecule has 0 saturated heterocycles. The number of hydrogen-bond acceptors (Lipinski definition) is 6. The van der Waals surface area contributed by atoms with E-state index in [1.54, 1.807) is 0 Å². The molecule has 138 valence electrons. The van der Waals surface area contributed by atoms with Crippen LogP contribution in [0, 0.1) is 17.8 Å². The van der Waals surface area contributed by atoms with Crippen LogP contribution in [0.25, 0.3) is 0 Å². The number of carbonyl (C=O) groups is 3. The largest absolute Gasteiger partial charge is 0.465 e. The minimum absolute atomic E-state index is 0.0573. The molecule has 0 aliphatic rings. The van der Waals surface area contributed by atoms with Crippen LogP contribution in [0.15, 0.2) is 11.6 Å². The van der Waals surface area contributed by atoms with E-state index in [4.69, 9.17) is 14.2 Å². The molecule has 0 bridgehead atoms. The molecule has 6 nitrogen and oxygen atoms in total. The lowest BCUT2D eigenvalue weighted by Gasteiger charge is -2.11. The van der Waals surface area contributed by atoms with Crippen LogP contribution >= 0.6 is 0 Å². The molecule has 6 heteroatoms. The van der Waals surface area contributed by atoms with Gasteiger partial charge in [-0.15, -0.1) is 0 Å². The summed E-state index contributed by atoms with van der Waals surface area (Å²) < 4.78 is 15.2. The van der Waals surface area contributed by atoms with Gasteiger partial charge in [0.1, 0.15) is 0 Å². The maximum Gasteiger partial charge on any atom is 0.334 e. The number of ether oxygens (including phenoxy) is 3. The van der Waals surface area contributed by atoms with Gasteiger partial charge in [-0.25, -0.2) is 9.59 Å². The lowest BCUT2D eigenvalue weighted by atomic mass is 10.1. The molecule has 0 aromatic heterocycles. The summed E-state index contributed by atoms with van der Waals surface area (Å²) in [6.45, 7) is 12.1. The van der Waals surface area contributed by atoms with E-state index in [0.29, 0.717) is 0 Å².